The van der Waals surface area contributed by atoms with Crippen molar-refractivity contribution in [2.45, 2.75) is 57.0 Å². The monoisotopic (exact) mass is 272 g/mol. The second-order valence-corrected chi connectivity index (χ2v) is 7.94. The van der Waals surface area contributed by atoms with Crippen LogP contribution in [0, 0.1) is 5.92 Å². The lowest BCUT2D eigenvalue weighted by Crippen LogP contribution is -2.42. The van der Waals surface area contributed by atoms with Crippen LogP contribution in [0.15, 0.2) is 0 Å². The third kappa shape index (κ3) is 2.62. The molecule has 1 N–H and O–H groups in total. The highest BCUT2D eigenvalue weighted by molar-refractivity contribution is 7.84. The molecule has 0 aromatic carbocycles. The van der Waals surface area contributed by atoms with E-state index in [1.54, 1.807) is 6.26 Å². The first-order valence-corrected chi connectivity index (χ1v) is 8.39. The van der Waals surface area contributed by atoms with E-state index < -0.39 is 10.8 Å². The van der Waals surface area contributed by atoms with Gasteiger partial charge in [-0.2, -0.15) is 0 Å². The van der Waals surface area contributed by atoms with Gasteiger partial charge in [0.1, 0.15) is 0 Å². The summed E-state index contributed by atoms with van der Waals surface area (Å²) in [5, 5.41) is 3.54. The summed E-state index contributed by atoms with van der Waals surface area (Å²) in [4.78, 5) is 14.3. The Bertz CT molecular complexity index is 366. The number of hydrogen-bond donors (Lipinski definition) is 1. The zero-order valence-electron chi connectivity index (χ0n) is 11.7. The minimum Gasteiger partial charge on any atom is -0.324 e. The molecular weight excluding hydrogens is 248 g/mol. The first-order chi connectivity index (χ1) is 8.35. The normalized spacial score (nSPS) is 29.1. The average Bonchev–Trinajstić information content (AvgIpc) is 2.99. The van der Waals surface area contributed by atoms with Crippen molar-refractivity contribution in [3.05, 3.63) is 0 Å². The highest BCUT2D eigenvalue weighted by Crippen LogP contribution is 2.43. The molecule has 1 amide bonds. The van der Waals surface area contributed by atoms with Crippen LogP contribution in [0.2, 0.25) is 0 Å². The number of amides is 1. The molecule has 1 spiro atoms. The number of nitrogens with one attached hydrogen (secondary N) is 1. The van der Waals surface area contributed by atoms with Gasteiger partial charge in [0.15, 0.2) is 0 Å². The molecule has 0 bridgehead atoms. The maximum atomic E-state index is 12.4. The molecule has 0 radical (unpaired) electrons. The van der Waals surface area contributed by atoms with Crippen LogP contribution in [0.25, 0.3) is 0 Å². The Labute approximate surface area is 112 Å². The molecule has 3 atom stereocenters. The summed E-state index contributed by atoms with van der Waals surface area (Å²) in [6.45, 7) is 6.90. The van der Waals surface area contributed by atoms with Gasteiger partial charge in [0.25, 0.3) is 0 Å². The van der Waals surface area contributed by atoms with Crippen molar-refractivity contribution in [3.63, 3.8) is 0 Å². The minimum atomic E-state index is -0.875. The van der Waals surface area contributed by atoms with Crippen molar-refractivity contribution in [2.24, 2.45) is 5.92 Å². The number of carbonyl (C=O) groups excluding carboxylic acids is 1. The van der Waals surface area contributed by atoms with Crippen molar-refractivity contribution in [3.8, 4) is 0 Å². The molecule has 1 saturated carbocycles. The van der Waals surface area contributed by atoms with Gasteiger partial charge in [-0.15, -0.1) is 0 Å². The van der Waals surface area contributed by atoms with Gasteiger partial charge in [-0.25, -0.2) is 0 Å². The van der Waals surface area contributed by atoms with Crippen molar-refractivity contribution in [1.29, 1.82) is 0 Å². The van der Waals surface area contributed by atoms with E-state index in [9.17, 15) is 9.00 Å². The summed E-state index contributed by atoms with van der Waals surface area (Å²) < 4.78 is 11.5. The fourth-order valence-corrected chi connectivity index (χ4v) is 2.95. The van der Waals surface area contributed by atoms with E-state index in [2.05, 4.69) is 19.2 Å². The maximum absolute atomic E-state index is 12.4. The molecule has 1 saturated heterocycles. The lowest BCUT2D eigenvalue weighted by molar-refractivity contribution is -0.130. The minimum absolute atomic E-state index is 0.0410. The van der Waals surface area contributed by atoms with E-state index in [1.807, 2.05) is 11.8 Å². The van der Waals surface area contributed by atoms with E-state index in [-0.39, 0.29) is 22.9 Å². The average molecular weight is 272 g/mol. The van der Waals surface area contributed by atoms with Crippen molar-refractivity contribution < 1.29 is 9.00 Å². The Kier molecular flexibility index (Phi) is 3.83. The predicted octanol–water partition coefficient (Wildman–Crippen LogP) is 1.09. The van der Waals surface area contributed by atoms with E-state index >= 15 is 0 Å². The summed E-state index contributed by atoms with van der Waals surface area (Å²) in [5.41, 5.74) is -0.255. The predicted molar refractivity (Wildman–Crippen MR) is 73.6 cm³/mol. The summed E-state index contributed by atoms with van der Waals surface area (Å²) in [6, 6.07) is 0. The SMILES string of the molecule is CC(C)CC1NC2(CC2)C(=O)N1CC(C)S(C)=O. The topological polar surface area (TPSA) is 49.4 Å². The molecule has 0 aromatic heterocycles. The molecule has 2 aliphatic rings. The maximum Gasteiger partial charge on any atom is 0.244 e. The fraction of sp³-hybridized carbons (Fsp3) is 0.923. The van der Waals surface area contributed by atoms with Crippen LogP contribution in [0.4, 0.5) is 0 Å². The molecule has 1 aliphatic carbocycles. The molecule has 1 heterocycles. The Morgan fingerprint density at radius 1 is 1.44 bits per heavy atom. The summed E-state index contributed by atoms with van der Waals surface area (Å²) in [7, 11) is -0.875. The van der Waals surface area contributed by atoms with Crippen LogP contribution in [-0.2, 0) is 15.6 Å². The van der Waals surface area contributed by atoms with Crippen molar-refractivity contribution >= 4 is 16.7 Å². The molecule has 2 fully saturated rings. The second-order valence-electron chi connectivity index (χ2n) is 6.14. The van der Waals surface area contributed by atoms with Crippen LogP contribution < -0.4 is 5.32 Å². The molecule has 5 heteroatoms. The van der Waals surface area contributed by atoms with Crippen LogP contribution in [0.1, 0.15) is 40.0 Å². The first kappa shape index (κ1) is 14.0. The van der Waals surface area contributed by atoms with Gasteiger partial charge in [-0.3, -0.25) is 14.3 Å². The first-order valence-electron chi connectivity index (χ1n) is 6.77. The standard InChI is InChI=1S/C13H24N2O2S/c1-9(2)7-11-14-13(5-6-13)12(16)15(11)8-10(3)18(4)17/h9-11,14H,5-8H2,1-4H3. The van der Waals surface area contributed by atoms with Gasteiger partial charge >= 0.3 is 0 Å². The Hall–Kier alpha value is -0.420. The molecule has 3 unspecified atom stereocenters. The molecule has 18 heavy (non-hydrogen) atoms. The Morgan fingerprint density at radius 2 is 2.06 bits per heavy atom. The van der Waals surface area contributed by atoms with E-state index in [0.29, 0.717) is 12.5 Å². The van der Waals surface area contributed by atoms with Gasteiger partial charge in [-0.1, -0.05) is 13.8 Å². The second kappa shape index (κ2) is 4.93. The summed E-state index contributed by atoms with van der Waals surface area (Å²) >= 11 is 0. The highest BCUT2D eigenvalue weighted by atomic mass is 32.2. The number of carbonyl (C=O) groups is 1. The van der Waals surface area contributed by atoms with E-state index in [0.717, 1.165) is 19.3 Å². The van der Waals surface area contributed by atoms with Crippen LogP contribution in [0.3, 0.4) is 0 Å². The number of nitrogens with zero attached hydrogens (tertiary/aromatic N) is 1. The van der Waals surface area contributed by atoms with Gasteiger partial charge < -0.3 is 4.90 Å². The lowest BCUT2D eigenvalue weighted by Gasteiger charge is -2.27. The van der Waals surface area contributed by atoms with Crippen LogP contribution >= 0.6 is 0 Å². The van der Waals surface area contributed by atoms with Crippen molar-refractivity contribution in [2.75, 3.05) is 12.8 Å². The third-order valence-corrected chi connectivity index (χ3v) is 5.24. The van der Waals surface area contributed by atoms with Gasteiger partial charge in [0, 0.05) is 28.9 Å². The molecule has 0 aromatic rings. The van der Waals surface area contributed by atoms with E-state index in [4.69, 9.17) is 0 Å². The molecule has 2 rings (SSSR count). The van der Waals surface area contributed by atoms with Crippen LogP contribution in [-0.4, -0.2) is 44.8 Å². The molecule has 4 nitrogen and oxygen atoms in total. The summed E-state index contributed by atoms with van der Waals surface area (Å²) in [6.07, 6.45) is 4.73. The third-order valence-electron chi connectivity index (χ3n) is 3.95. The Balaban J connectivity index is 2.08. The van der Waals surface area contributed by atoms with Gasteiger partial charge in [0.2, 0.25) is 5.91 Å². The molecule has 1 aliphatic heterocycles. The van der Waals surface area contributed by atoms with Gasteiger partial charge in [-0.05, 0) is 32.1 Å². The largest absolute Gasteiger partial charge is 0.324 e. The smallest absolute Gasteiger partial charge is 0.244 e. The lowest BCUT2D eigenvalue weighted by atomic mass is 10.1. The van der Waals surface area contributed by atoms with Crippen molar-refractivity contribution in [1.82, 2.24) is 10.2 Å². The highest BCUT2D eigenvalue weighted by Gasteiger charge is 2.58. The molecule has 104 valence electrons. The number of rotatable bonds is 5. The van der Waals surface area contributed by atoms with Gasteiger partial charge in [0.05, 0.1) is 11.7 Å². The van der Waals surface area contributed by atoms with Crippen LogP contribution in [0.5, 0.6) is 0 Å². The molecular formula is C13H24N2O2S. The number of hydrogen-bond acceptors (Lipinski definition) is 3. The quantitative estimate of drug-likeness (QED) is 0.815. The van der Waals surface area contributed by atoms with E-state index in [1.165, 1.54) is 0 Å². The zero-order valence-corrected chi connectivity index (χ0v) is 12.5. The summed E-state index contributed by atoms with van der Waals surface area (Å²) in [5.74, 6) is 0.777. The Morgan fingerprint density at radius 3 is 2.50 bits per heavy atom. The zero-order chi connectivity index (χ0) is 13.5. The fourth-order valence-electron chi connectivity index (χ4n) is 2.58.